The third-order valence-electron chi connectivity index (χ3n) is 14.2. The number of hydrogen-bond donors (Lipinski definition) is 5. The standard InChI is InChI=1S/C22H20N2O9.C22H24N2O5.C18H21BrN2O5.C9H9BrO2/c1-12-19(21(29)22(23)30)20-13(5-4-8-16(20)32-10-18(27)28)24(12)11-33-15-7-3-2-6-14(15)31-9-17(25)26;1-4-27-16-10-6-7-11-17(16)29-13-24-14(3)19(21(25)22(23)26)20-15(24)9-8-12-18(20)28-5-2;1-10-14(16(23)17(20)24)15-11(21(10)9-19)6-5-7-12(15)25-8-13(22)26-18(2,3)4;10-6-9(11)12-7-8-4-2-1-3-5-8/h2-8H,9-11H2,1H3,(H2,23,30)(H,25,26)(H,27,28);6-12H,4-5,13H2,1-3H3,(H2,23,26);5-7H,8-9H2,1-4H3,(H2,20,24);1-5H,6-7H2. The molecule has 27 nitrogen and oxygen atoms in total. The summed E-state index contributed by atoms with van der Waals surface area (Å²) in [4.78, 5) is 117. The van der Waals surface area contributed by atoms with Crippen LogP contribution in [0, 0.1) is 20.8 Å². The lowest BCUT2D eigenvalue weighted by atomic mass is 10.1. The largest absolute Gasteiger partial charge is 0.493 e. The van der Waals surface area contributed by atoms with Crippen molar-refractivity contribution in [1.82, 2.24) is 13.7 Å². The Morgan fingerprint density at radius 1 is 0.420 bits per heavy atom. The summed E-state index contributed by atoms with van der Waals surface area (Å²) in [6, 6.07) is 38.7. The number of carbonyl (C=O) groups is 10. The molecule has 0 bridgehead atoms. The zero-order valence-corrected chi connectivity index (χ0v) is 58.9. The highest BCUT2D eigenvalue weighted by molar-refractivity contribution is 9.09. The molecule has 0 saturated heterocycles. The predicted octanol–water partition coefficient (Wildman–Crippen LogP) is 9.85. The number of ether oxygens (including phenoxy) is 9. The number of esters is 2. The van der Waals surface area contributed by atoms with E-state index in [0.717, 1.165) is 5.56 Å². The van der Waals surface area contributed by atoms with E-state index in [4.69, 9.17) is 70.0 Å². The highest BCUT2D eigenvalue weighted by Gasteiger charge is 2.30. The van der Waals surface area contributed by atoms with Gasteiger partial charge in [0.25, 0.3) is 35.1 Å². The van der Waals surface area contributed by atoms with Crippen LogP contribution in [0.15, 0.2) is 133 Å². The number of para-hydroxylation sites is 4. The minimum absolute atomic E-state index is 0.0301. The number of ketones is 3. The molecule has 8 N–H and O–H groups in total. The summed E-state index contributed by atoms with van der Waals surface area (Å²) >= 11 is 6.38. The predicted molar refractivity (Wildman–Crippen MR) is 374 cm³/mol. The maximum atomic E-state index is 12.6. The fraction of sp³-hybridized carbons (Fsp3) is 0.268. The Morgan fingerprint density at radius 2 is 0.750 bits per heavy atom. The average molecular weight is 1510 g/mol. The molecule has 0 atom stereocenters. The van der Waals surface area contributed by atoms with Gasteiger partial charge in [-0.2, -0.15) is 0 Å². The number of carbonyl (C=O) groups excluding carboxylic acids is 8. The number of halogens is 2. The first-order valence-corrected chi connectivity index (χ1v) is 32.8. The number of carboxylic acid groups (broad SMARTS) is 2. The fourth-order valence-electron chi connectivity index (χ4n) is 10.0. The van der Waals surface area contributed by atoms with Crippen LogP contribution in [-0.2, 0) is 68.6 Å². The fourth-order valence-corrected chi connectivity index (χ4v) is 10.9. The molecule has 3 aromatic heterocycles. The lowest BCUT2D eigenvalue weighted by Gasteiger charge is -2.19. The van der Waals surface area contributed by atoms with E-state index in [1.54, 1.807) is 107 Å². The molecule has 3 amide bonds. The molecule has 0 aliphatic heterocycles. The van der Waals surface area contributed by atoms with Crippen LogP contribution in [0.5, 0.6) is 40.2 Å². The number of alkyl halides is 2. The summed E-state index contributed by atoms with van der Waals surface area (Å²) in [6.45, 7) is 13.8. The van der Waals surface area contributed by atoms with Crippen LogP contribution >= 0.6 is 31.9 Å². The van der Waals surface area contributed by atoms with Gasteiger partial charge < -0.3 is 83.7 Å². The van der Waals surface area contributed by atoms with Crippen LogP contribution in [-0.4, -0.2) is 127 Å². The van der Waals surface area contributed by atoms with Crippen molar-refractivity contribution >= 4 is 124 Å². The van der Waals surface area contributed by atoms with Gasteiger partial charge in [-0.15, -0.1) is 0 Å². The van der Waals surface area contributed by atoms with E-state index in [0.29, 0.717) is 92.7 Å². The summed E-state index contributed by atoms with van der Waals surface area (Å²) in [6.07, 6.45) is 0. The van der Waals surface area contributed by atoms with Crippen molar-refractivity contribution in [3.8, 4) is 40.2 Å². The van der Waals surface area contributed by atoms with Crippen molar-refractivity contribution in [2.24, 2.45) is 17.2 Å². The Kier molecular flexibility index (Phi) is 28.3. The number of primary amides is 3. The smallest absolute Gasteiger partial charge is 0.344 e. The minimum Gasteiger partial charge on any atom is -0.493 e. The third-order valence-corrected chi connectivity index (χ3v) is 15.2. The van der Waals surface area contributed by atoms with Crippen molar-refractivity contribution in [2.45, 2.75) is 86.5 Å². The molecule has 3 heterocycles. The Hall–Kier alpha value is -11.2. The van der Waals surface area contributed by atoms with Gasteiger partial charge in [0, 0.05) is 17.1 Å². The Morgan fingerprint density at radius 3 is 1.12 bits per heavy atom. The molecule has 29 heteroatoms. The zero-order valence-electron chi connectivity index (χ0n) is 55.8. The Balaban J connectivity index is 0.000000219. The molecular formula is C71H74Br2N6O21. The molecule has 0 fully saturated rings. The SMILES string of the molecule is CCOc1ccccc1OCn1c(C)c(C(=O)C(N)=O)c2c(OCC)cccc21.Cc1c(C(=O)C(N)=O)c2c(OCC(=O)O)cccc2n1COc1ccccc1OCC(=O)O.Cc1c(C(=O)C(N)=O)c2c(OCC(=O)OC(C)(C)C)cccc2n1CBr.O=C(CBr)OCc1ccccc1. The first-order chi connectivity index (χ1) is 47.6. The first kappa shape index (κ1) is 77.8. The van der Waals surface area contributed by atoms with Gasteiger partial charge in [-0.1, -0.05) is 105 Å². The molecule has 0 spiro atoms. The lowest BCUT2D eigenvalue weighted by Crippen LogP contribution is -2.27. The van der Waals surface area contributed by atoms with Crippen LogP contribution < -0.4 is 50.4 Å². The molecule has 0 radical (unpaired) electrons. The summed E-state index contributed by atoms with van der Waals surface area (Å²) in [5.74, 6) is -6.33. The van der Waals surface area contributed by atoms with Crippen molar-refractivity contribution < 1.29 is 101 Å². The number of nitrogens with zero attached hydrogens (tertiary/aromatic N) is 3. The van der Waals surface area contributed by atoms with E-state index in [2.05, 4.69) is 31.9 Å². The molecule has 9 rings (SSSR count). The first-order valence-electron chi connectivity index (χ1n) is 30.5. The highest BCUT2D eigenvalue weighted by Crippen LogP contribution is 2.38. The second-order valence-corrected chi connectivity index (χ2v) is 23.2. The highest BCUT2D eigenvalue weighted by atomic mass is 79.9. The molecule has 9 aromatic rings. The molecular weight excluding hydrogens is 1430 g/mol. The van der Waals surface area contributed by atoms with Gasteiger partial charge in [0.2, 0.25) is 0 Å². The normalized spacial score (nSPS) is 10.7. The third kappa shape index (κ3) is 20.2. The van der Waals surface area contributed by atoms with Crippen LogP contribution in [0.3, 0.4) is 0 Å². The van der Waals surface area contributed by atoms with E-state index in [-0.39, 0.29) is 70.7 Å². The van der Waals surface area contributed by atoms with E-state index in [1.165, 1.54) is 6.07 Å². The number of aliphatic carboxylic acids is 2. The van der Waals surface area contributed by atoms with Crippen molar-refractivity contribution in [3.63, 3.8) is 0 Å². The van der Waals surface area contributed by atoms with Crippen LogP contribution in [0.25, 0.3) is 32.7 Å². The second kappa shape index (κ2) is 36.4. The number of nitrogens with two attached hydrogens (primary N) is 3. The summed E-state index contributed by atoms with van der Waals surface area (Å²) < 4.78 is 54.6. The van der Waals surface area contributed by atoms with Gasteiger partial charge in [-0.25, -0.2) is 14.4 Å². The van der Waals surface area contributed by atoms with Gasteiger partial charge in [0.05, 0.1) is 68.1 Å². The number of fused-ring (bicyclic) bond motifs is 3. The number of carboxylic acids is 2. The average Bonchev–Trinajstić information content (AvgIpc) is 1.62. The van der Waals surface area contributed by atoms with Crippen molar-refractivity contribution in [3.05, 3.63) is 173 Å². The lowest BCUT2D eigenvalue weighted by molar-refractivity contribution is -0.157. The maximum Gasteiger partial charge on any atom is 0.344 e. The maximum absolute atomic E-state index is 12.6. The van der Waals surface area contributed by atoms with E-state index in [9.17, 15) is 47.9 Å². The molecule has 528 valence electrons. The quantitative estimate of drug-likeness (QED) is 0.0126. The minimum atomic E-state index is -1.22. The van der Waals surface area contributed by atoms with Crippen molar-refractivity contribution in [2.75, 3.05) is 38.4 Å². The Bertz CT molecular complexity index is 4500. The number of hydrogen-bond acceptors (Lipinski definition) is 19. The van der Waals surface area contributed by atoms with E-state index >= 15 is 0 Å². The van der Waals surface area contributed by atoms with Gasteiger partial charge in [-0.3, -0.25) is 33.6 Å². The molecule has 0 aliphatic carbocycles. The van der Waals surface area contributed by atoms with Gasteiger partial charge in [0.15, 0.2) is 56.3 Å². The molecule has 100 heavy (non-hydrogen) atoms. The van der Waals surface area contributed by atoms with Crippen LogP contribution in [0.1, 0.15) is 88.3 Å². The summed E-state index contributed by atoms with van der Waals surface area (Å²) in [7, 11) is 0. The number of aromatic nitrogens is 3. The number of Topliss-reactive ketones (excluding diaryl/α,β-unsaturated/α-hetero) is 3. The molecule has 0 unspecified atom stereocenters. The number of rotatable bonds is 29. The molecule has 0 aliphatic rings. The summed E-state index contributed by atoms with van der Waals surface area (Å²) in [5.41, 5.74) is 20.2. The van der Waals surface area contributed by atoms with Crippen LogP contribution in [0.4, 0.5) is 0 Å². The van der Waals surface area contributed by atoms with Gasteiger partial charge >= 0.3 is 23.9 Å². The molecule has 0 saturated carbocycles. The molecule has 6 aromatic carbocycles. The number of benzene rings is 6. The zero-order chi connectivity index (χ0) is 73.5. The van der Waals surface area contributed by atoms with Crippen LogP contribution in [0.2, 0.25) is 0 Å². The Labute approximate surface area is 590 Å². The van der Waals surface area contributed by atoms with Gasteiger partial charge in [0.1, 0.15) is 34.8 Å². The monoisotopic (exact) mass is 1500 g/mol. The summed E-state index contributed by atoms with van der Waals surface area (Å²) in [5, 5.41) is 19.3. The second-order valence-electron chi connectivity index (χ2n) is 22.1. The van der Waals surface area contributed by atoms with E-state index < -0.39 is 71.8 Å². The number of amides is 3. The van der Waals surface area contributed by atoms with E-state index in [1.807, 2.05) is 89.7 Å². The van der Waals surface area contributed by atoms with Crippen molar-refractivity contribution in [1.29, 1.82) is 0 Å². The topological polar surface area (TPSA) is 387 Å². The van der Waals surface area contributed by atoms with Gasteiger partial charge in [-0.05, 0) is 122 Å².